The number of likely N-dealkylation sites (N-methyl/N-ethyl adjacent to an activating group) is 1. The van der Waals surface area contributed by atoms with Crippen LogP contribution in [0.5, 0.6) is 0 Å². The summed E-state index contributed by atoms with van der Waals surface area (Å²) in [6.07, 6.45) is 3.70. The van der Waals surface area contributed by atoms with Gasteiger partial charge in [-0.1, -0.05) is 0 Å². The van der Waals surface area contributed by atoms with Crippen molar-refractivity contribution in [2.75, 3.05) is 33.1 Å². The van der Waals surface area contributed by atoms with Gasteiger partial charge < -0.3 is 15.0 Å². The highest BCUT2D eigenvalue weighted by Crippen LogP contribution is 2.36. The second-order valence-corrected chi connectivity index (χ2v) is 6.44. The van der Waals surface area contributed by atoms with Crippen LogP contribution in [-0.4, -0.2) is 49.1 Å². The van der Waals surface area contributed by atoms with Crippen molar-refractivity contribution in [1.82, 2.24) is 9.88 Å². The Morgan fingerprint density at radius 3 is 2.68 bits per heavy atom. The normalized spacial score (nSPS) is 17.1. The van der Waals surface area contributed by atoms with E-state index in [2.05, 4.69) is 29.3 Å². The minimum atomic E-state index is -0.368. The highest BCUT2D eigenvalue weighted by Gasteiger charge is 2.38. The quantitative estimate of drug-likeness (QED) is 0.839. The minimum Gasteiger partial charge on any atom is -0.464 e. The van der Waals surface area contributed by atoms with Crippen molar-refractivity contribution in [1.29, 1.82) is 0 Å². The monoisotopic (exact) mass is 283 g/mol. The molecular formula is C13H21N3O2S. The summed E-state index contributed by atoms with van der Waals surface area (Å²) in [7, 11) is 5.62. The maximum absolute atomic E-state index is 11.5. The lowest BCUT2D eigenvalue weighted by atomic mass is 9.75. The third-order valence-electron chi connectivity index (χ3n) is 3.98. The number of hydrogen-bond donors (Lipinski definition) is 1. The Bertz CT molecular complexity index is 466. The number of rotatable bonds is 5. The molecule has 1 aromatic rings. The summed E-state index contributed by atoms with van der Waals surface area (Å²) in [4.78, 5) is 19.0. The van der Waals surface area contributed by atoms with E-state index in [1.165, 1.54) is 37.7 Å². The van der Waals surface area contributed by atoms with Crippen LogP contribution in [0.15, 0.2) is 0 Å². The number of methoxy groups -OCH3 is 1. The van der Waals surface area contributed by atoms with Gasteiger partial charge in [0.15, 0.2) is 10.8 Å². The number of carbonyl (C=O) groups excluding carboxylic acids is 1. The van der Waals surface area contributed by atoms with Gasteiger partial charge in [0, 0.05) is 17.0 Å². The second-order valence-electron chi connectivity index (χ2n) is 5.24. The van der Waals surface area contributed by atoms with Gasteiger partial charge in [-0.05, 0) is 40.3 Å². The average molecular weight is 283 g/mol. The van der Waals surface area contributed by atoms with Gasteiger partial charge in [-0.25, -0.2) is 9.78 Å². The highest BCUT2D eigenvalue weighted by molar-refractivity contribution is 7.15. The number of nitrogens with one attached hydrogen (secondary N) is 1. The summed E-state index contributed by atoms with van der Waals surface area (Å²) in [5, 5.41) is 4.16. The number of nitrogens with zero attached hydrogens (tertiary/aromatic N) is 2. The van der Waals surface area contributed by atoms with Crippen LogP contribution >= 0.6 is 11.3 Å². The van der Waals surface area contributed by atoms with Crippen molar-refractivity contribution in [2.45, 2.75) is 31.7 Å². The molecule has 1 N–H and O–H groups in total. The fourth-order valence-electron chi connectivity index (χ4n) is 2.37. The Balaban J connectivity index is 2.02. The molecule has 19 heavy (non-hydrogen) atoms. The molecule has 1 aromatic heterocycles. The van der Waals surface area contributed by atoms with Gasteiger partial charge in [0.2, 0.25) is 0 Å². The molecule has 0 radical (unpaired) electrons. The second kappa shape index (κ2) is 5.46. The van der Waals surface area contributed by atoms with Crippen molar-refractivity contribution in [3.05, 3.63) is 10.6 Å². The van der Waals surface area contributed by atoms with Gasteiger partial charge in [-0.15, -0.1) is 11.3 Å². The maximum Gasteiger partial charge on any atom is 0.357 e. The first-order chi connectivity index (χ1) is 8.98. The SMILES string of the molecule is COC(=O)c1nc(NCC2(N(C)C)CCC2)sc1C. The van der Waals surface area contributed by atoms with Gasteiger partial charge in [-0.2, -0.15) is 0 Å². The van der Waals surface area contributed by atoms with Crippen LogP contribution < -0.4 is 5.32 Å². The molecule has 106 valence electrons. The van der Waals surface area contributed by atoms with E-state index < -0.39 is 0 Å². The van der Waals surface area contributed by atoms with Gasteiger partial charge in [-0.3, -0.25) is 0 Å². The van der Waals surface area contributed by atoms with E-state index in [1.54, 1.807) is 0 Å². The molecular weight excluding hydrogens is 262 g/mol. The number of thiazole rings is 1. The number of carbonyl (C=O) groups is 1. The van der Waals surface area contributed by atoms with Crippen molar-refractivity contribution in [3.8, 4) is 0 Å². The number of anilines is 1. The van der Waals surface area contributed by atoms with Crippen LogP contribution in [0.2, 0.25) is 0 Å². The summed E-state index contributed by atoms with van der Waals surface area (Å²) >= 11 is 1.50. The molecule has 6 heteroatoms. The molecule has 0 saturated heterocycles. The fraction of sp³-hybridized carbons (Fsp3) is 0.692. The molecule has 2 rings (SSSR count). The largest absolute Gasteiger partial charge is 0.464 e. The van der Waals surface area contributed by atoms with Crippen molar-refractivity contribution >= 4 is 22.4 Å². The fourth-order valence-corrected chi connectivity index (χ4v) is 3.16. The topological polar surface area (TPSA) is 54.5 Å². The van der Waals surface area contributed by atoms with E-state index in [9.17, 15) is 4.79 Å². The molecule has 0 unspecified atom stereocenters. The van der Waals surface area contributed by atoms with Gasteiger partial charge in [0.1, 0.15) is 0 Å². The van der Waals surface area contributed by atoms with Gasteiger partial charge >= 0.3 is 5.97 Å². The number of esters is 1. The molecule has 5 nitrogen and oxygen atoms in total. The van der Waals surface area contributed by atoms with Crippen LogP contribution in [0.25, 0.3) is 0 Å². The van der Waals surface area contributed by atoms with E-state index in [0.29, 0.717) is 5.69 Å². The van der Waals surface area contributed by atoms with Crippen molar-refractivity contribution < 1.29 is 9.53 Å². The maximum atomic E-state index is 11.5. The lowest BCUT2D eigenvalue weighted by molar-refractivity contribution is 0.0594. The number of ether oxygens (including phenoxy) is 1. The average Bonchev–Trinajstić information content (AvgIpc) is 2.68. The molecule has 0 bridgehead atoms. The van der Waals surface area contributed by atoms with Crippen LogP contribution in [0.1, 0.15) is 34.6 Å². The molecule has 1 aliphatic carbocycles. The van der Waals surface area contributed by atoms with E-state index >= 15 is 0 Å². The molecule has 0 aromatic carbocycles. The Hall–Kier alpha value is -1.14. The molecule has 0 aliphatic heterocycles. The molecule has 0 amide bonds. The number of hydrogen-bond acceptors (Lipinski definition) is 6. The predicted molar refractivity (Wildman–Crippen MR) is 76.9 cm³/mol. The molecule has 0 atom stereocenters. The Morgan fingerprint density at radius 1 is 1.53 bits per heavy atom. The predicted octanol–water partition coefficient (Wildman–Crippen LogP) is 2.13. The molecule has 1 fully saturated rings. The zero-order valence-corrected chi connectivity index (χ0v) is 12.8. The highest BCUT2D eigenvalue weighted by atomic mass is 32.1. The smallest absolute Gasteiger partial charge is 0.357 e. The van der Waals surface area contributed by atoms with Crippen LogP contribution in [-0.2, 0) is 4.74 Å². The first kappa shape index (κ1) is 14.3. The Morgan fingerprint density at radius 2 is 2.21 bits per heavy atom. The van der Waals surface area contributed by atoms with Crippen LogP contribution in [0.4, 0.5) is 5.13 Å². The molecule has 1 aliphatic rings. The zero-order valence-electron chi connectivity index (χ0n) is 11.9. The Kier molecular flexibility index (Phi) is 4.10. The summed E-state index contributed by atoms with van der Waals surface area (Å²) in [5.74, 6) is -0.368. The minimum absolute atomic E-state index is 0.241. The molecule has 1 saturated carbocycles. The van der Waals surface area contributed by atoms with E-state index in [0.717, 1.165) is 16.6 Å². The van der Waals surface area contributed by atoms with Crippen LogP contribution in [0.3, 0.4) is 0 Å². The molecule has 1 heterocycles. The van der Waals surface area contributed by atoms with Gasteiger partial charge in [0.25, 0.3) is 0 Å². The van der Waals surface area contributed by atoms with E-state index in [1.807, 2.05) is 6.92 Å². The lowest BCUT2D eigenvalue weighted by Gasteiger charge is -2.47. The lowest BCUT2D eigenvalue weighted by Crippen LogP contribution is -2.54. The summed E-state index contributed by atoms with van der Waals surface area (Å²) in [6, 6.07) is 0. The first-order valence-electron chi connectivity index (χ1n) is 6.45. The van der Waals surface area contributed by atoms with Crippen LogP contribution in [0, 0.1) is 6.92 Å². The van der Waals surface area contributed by atoms with E-state index in [-0.39, 0.29) is 11.5 Å². The first-order valence-corrected chi connectivity index (χ1v) is 7.27. The standard InChI is InChI=1S/C13H21N3O2S/c1-9-10(11(17)18-4)15-12(19-9)14-8-13(16(2)3)6-5-7-13/h5-8H2,1-4H3,(H,14,15). The Labute approximate surface area is 118 Å². The third kappa shape index (κ3) is 2.74. The third-order valence-corrected chi connectivity index (χ3v) is 4.91. The number of aryl methyl sites for hydroxylation is 1. The number of aromatic nitrogens is 1. The van der Waals surface area contributed by atoms with Crippen molar-refractivity contribution in [3.63, 3.8) is 0 Å². The summed E-state index contributed by atoms with van der Waals surface area (Å²) < 4.78 is 4.72. The van der Waals surface area contributed by atoms with Crippen molar-refractivity contribution in [2.24, 2.45) is 0 Å². The van der Waals surface area contributed by atoms with E-state index in [4.69, 9.17) is 4.74 Å². The summed E-state index contributed by atoms with van der Waals surface area (Å²) in [6.45, 7) is 2.76. The summed E-state index contributed by atoms with van der Waals surface area (Å²) in [5.41, 5.74) is 0.660. The zero-order chi connectivity index (χ0) is 14.0. The van der Waals surface area contributed by atoms with Gasteiger partial charge in [0.05, 0.1) is 7.11 Å². The molecule has 0 spiro atoms.